The van der Waals surface area contributed by atoms with Gasteiger partial charge in [-0.05, 0) is 46.9 Å². The monoisotopic (exact) mass is 336 g/mol. The van der Waals surface area contributed by atoms with Crippen LogP contribution in [0.5, 0.6) is 0 Å². The molecule has 0 unspecified atom stereocenters. The van der Waals surface area contributed by atoms with Crippen LogP contribution < -0.4 is 0 Å². The van der Waals surface area contributed by atoms with Crippen LogP contribution in [0.2, 0.25) is 0 Å². The lowest BCUT2D eigenvalue weighted by Gasteiger charge is -2.13. The summed E-state index contributed by atoms with van der Waals surface area (Å²) in [5, 5.41) is 2.14. The number of carbonyl (C=O) groups excluding carboxylic acids is 1. The molecular formula is C25H20O. The highest BCUT2D eigenvalue weighted by molar-refractivity contribution is 6.19. The highest BCUT2D eigenvalue weighted by atomic mass is 16.1. The van der Waals surface area contributed by atoms with Gasteiger partial charge in [-0.25, -0.2) is 0 Å². The molecule has 0 aliphatic heterocycles. The first-order chi connectivity index (χ1) is 12.7. The second-order valence-corrected chi connectivity index (χ2v) is 6.67. The van der Waals surface area contributed by atoms with E-state index in [0.717, 1.165) is 33.0 Å². The van der Waals surface area contributed by atoms with E-state index in [4.69, 9.17) is 0 Å². The van der Waals surface area contributed by atoms with Crippen molar-refractivity contribution in [2.24, 2.45) is 0 Å². The van der Waals surface area contributed by atoms with Crippen LogP contribution in [0, 0.1) is 13.8 Å². The SMILES string of the molecule is Cc1ccccc1-c1ccccc1C(=O)c1ccc(C)c2ccccc12. The first-order valence-corrected chi connectivity index (χ1v) is 8.85. The summed E-state index contributed by atoms with van der Waals surface area (Å²) in [6.45, 7) is 4.16. The summed E-state index contributed by atoms with van der Waals surface area (Å²) in [4.78, 5) is 13.5. The van der Waals surface area contributed by atoms with Gasteiger partial charge in [-0.1, -0.05) is 84.9 Å². The molecule has 0 heterocycles. The minimum Gasteiger partial charge on any atom is -0.289 e. The van der Waals surface area contributed by atoms with E-state index in [0.29, 0.717) is 0 Å². The van der Waals surface area contributed by atoms with E-state index in [1.165, 1.54) is 11.1 Å². The van der Waals surface area contributed by atoms with Crippen LogP contribution in [0.4, 0.5) is 0 Å². The molecular weight excluding hydrogens is 316 g/mol. The fourth-order valence-corrected chi connectivity index (χ4v) is 3.58. The summed E-state index contributed by atoms with van der Waals surface area (Å²) >= 11 is 0. The Balaban J connectivity index is 1.92. The quantitative estimate of drug-likeness (QED) is 0.398. The molecule has 0 aromatic heterocycles. The van der Waals surface area contributed by atoms with Crippen molar-refractivity contribution in [3.8, 4) is 11.1 Å². The zero-order chi connectivity index (χ0) is 18.1. The van der Waals surface area contributed by atoms with Gasteiger partial charge in [0.25, 0.3) is 0 Å². The predicted octanol–water partition coefficient (Wildman–Crippen LogP) is 6.35. The third-order valence-corrected chi connectivity index (χ3v) is 4.99. The van der Waals surface area contributed by atoms with Gasteiger partial charge in [-0.3, -0.25) is 4.79 Å². The third-order valence-electron chi connectivity index (χ3n) is 4.99. The minimum atomic E-state index is 0.0695. The Labute approximate surface area is 153 Å². The maximum Gasteiger partial charge on any atom is 0.194 e. The second-order valence-electron chi connectivity index (χ2n) is 6.67. The average molecular weight is 336 g/mol. The molecule has 0 saturated carbocycles. The molecule has 126 valence electrons. The Kier molecular flexibility index (Phi) is 4.14. The summed E-state index contributed by atoms with van der Waals surface area (Å²) < 4.78 is 0. The van der Waals surface area contributed by atoms with Gasteiger partial charge < -0.3 is 0 Å². The van der Waals surface area contributed by atoms with E-state index in [1.807, 2.05) is 66.7 Å². The lowest BCUT2D eigenvalue weighted by atomic mass is 9.89. The van der Waals surface area contributed by atoms with Crippen molar-refractivity contribution in [3.63, 3.8) is 0 Å². The Bertz CT molecular complexity index is 1120. The van der Waals surface area contributed by atoms with E-state index in [-0.39, 0.29) is 5.78 Å². The van der Waals surface area contributed by atoms with Crippen LogP contribution in [0.3, 0.4) is 0 Å². The summed E-state index contributed by atoms with van der Waals surface area (Å²) in [6, 6.07) is 28.2. The molecule has 1 nitrogen and oxygen atoms in total. The van der Waals surface area contributed by atoms with Crippen LogP contribution in [-0.4, -0.2) is 5.78 Å². The van der Waals surface area contributed by atoms with Gasteiger partial charge in [0, 0.05) is 11.1 Å². The largest absolute Gasteiger partial charge is 0.289 e. The van der Waals surface area contributed by atoms with E-state index >= 15 is 0 Å². The smallest absolute Gasteiger partial charge is 0.194 e. The van der Waals surface area contributed by atoms with Gasteiger partial charge >= 0.3 is 0 Å². The topological polar surface area (TPSA) is 17.1 Å². The molecule has 0 aliphatic carbocycles. The molecule has 0 N–H and O–H groups in total. The lowest BCUT2D eigenvalue weighted by molar-refractivity contribution is 0.104. The number of fused-ring (bicyclic) bond motifs is 1. The van der Waals surface area contributed by atoms with Crippen LogP contribution >= 0.6 is 0 Å². The molecule has 4 aromatic rings. The molecule has 0 amide bonds. The van der Waals surface area contributed by atoms with Gasteiger partial charge in [0.1, 0.15) is 0 Å². The van der Waals surface area contributed by atoms with Gasteiger partial charge in [0.15, 0.2) is 5.78 Å². The molecule has 0 aliphatic rings. The number of carbonyl (C=O) groups is 1. The highest BCUT2D eigenvalue weighted by Crippen LogP contribution is 2.30. The van der Waals surface area contributed by atoms with E-state index < -0.39 is 0 Å². The molecule has 0 saturated heterocycles. The first-order valence-electron chi connectivity index (χ1n) is 8.85. The second kappa shape index (κ2) is 6.61. The van der Waals surface area contributed by atoms with Gasteiger partial charge in [0.05, 0.1) is 0 Å². The zero-order valence-corrected chi connectivity index (χ0v) is 15.0. The zero-order valence-electron chi connectivity index (χ0n) is 15.0. The van der Waals surface area contributed by atoms with Crippen molar-refractivity contribution in [2.45, 2.75) is 13.8 Å². The van der Waals surface area contributed by atoms with Crippen LogP contribution in [0.1, 0.15) is 27.0 Å². The number of rotatable bonds is 3. The van der Waals surface area contributed by atoms with E-state index in [1.54, 1.807) is 0 Å². The van der Waals surface area contributed by atoms with Gasteiger partial charge in [0.2, 0.25) is 0 Å². The Hall–Kier alpha value is -3.19. The number of aryl methyl sites for hydroxylation is 2. The Morgan fingerprint density at radius 1 is 0.538 bits per heavy atom. The standard InChI is InChI=1S/C25H20O/c1-17-9-3-4-10-19(17)21-12-7-8-14-23(21)25(26)24-16-15-18(2)20-11-5-6-13-22(20)24/h3-16H,1-2H3. The minimum absolute atomic E-state index is 0.0695. The maximum atomic E-state index is 13.5. The predicted molar refractivity (Wildman–Crippen MR) is 109 cm³/mol. The van der Waals surface area contributed by atoms with Gasteiger partial charge in [-0.15, -0.1) is 0 Å². The third kappa shape index (κ3) is 2.72. The number of hydrogen-bond donors (Lipinski definition) is 0. The fraction of sp³-hybridized carbons (Fsp3) is 0.0800. The molecule has 0 fully saturated rings. The molecule has 4 rings (SSSR count). The molecule has 4 aromatic carbocycles. The number of ketones is 1. The van der Waals surface area contributed by atoms with Crippen LogP contribution in [0.25, 0.3) is 21.9 Å². The average Bonchev–Trinajstić information content (AvgIpc) is 2.68. The molecule has 0 spiro atoms. The first kappa shape index (κ1) is 16.3. The molecule has 0 atom stereocenters. The Morgan fingerprint density at radius 2 is 1.15 bits per heavy atom. The summed E-state index contributed by atoms with van der Waals surface area (Å²) in [5.74, 6) is 0.0695. The summed E-state index contributed by atoms with van der Waals surface area (Å²) in [6.07, 6.45) is 0. The van der Waals surface area contributed by atoms with E-state index in [9.17, 15) is 4.79 Å². The van der Waals surface area contributed by atoms with Crippen LogP contribution in [0.15, 0.2) is 84.9 Å². The number of benzene rings is 4. The van der Waals surface area contributed by atoms with Crippen molar-refractivity contribution in [3.05, 3.63) is 107 Å². The normalized spacial score (nSPS) is 10.8. The van der Waals surface area contributed by atoms with Crippen molar-refractivity contribution in [1.29, 1.82) is 0 Å². The molecule has 0 bridgehead atoms. The highest BCUT2D eigenvalue weighted by Gasteiger charge is 2.17. The van der Waals surface area contributed by atoms with Gasteiger partial charge in [-0.2, -0.15) is 0 Å². The van der Waals surface area contributed by atoms with Crippen molar-refractivity contribution in [1.82, 2.24) is 0 Å². The maximum absolute atomic E-state index is 13.5. The van der Waals surface area contributed by atoms with Crippen molar-refractivity contribution in [2.75, 3.05) is 0 Å². The molecule has 1 heteroatoms. The molecule has 26 heavy (non-hydrogen) atoms. The number of hydrogen-bond acceptors (Lipinski definition) is 1. The van der Waals surface area contributed by atoms with Crippen molar-refractivity contribution >= 4 is 16.6 Å². The Morgan fingerprint density at radius 3 is 1.92 bits per heavy atom. The van der Waals surface area contributed by atoms with Crippen LogP contribution in [-0.2, 0) is 0 Å². The molecule has 0 radical (unpaired) electrons. The summed E-state index contributed by atoms with van der Waals surface area (Å²) in [5.41, 5.74) is 5.95. The lowest BCUT2D eigenvalue weighted by Crippen LogP contribution is -2.05. The van der Waals surface area contributed by atoms with E-state index in [2.05, 4.69) is 32.0 Å². The summed E-state index contributed by atoms with van der Waals surface area (Å²) in [7, 11) is 0. The fourth-order valence-electron chi connectivity index (χ4n) is 3.58. The van der Waals surface area contributed by atoms with Crippen molar-refractivity contribution < 1.29 is 4.79 Å².